The Balaban J connectivity index is 1.45. The summed E-state index contributed by atoms with van der Waals surface area (Å²) in [4.78, 5) is 37.7. The van der Waals surface area contributed by atoms with E-state index in [0.29, 0.717) is 21.3 Å². The first kappa shape index (κ1) is 16.1. The first-order valence-electron chi connectivity index (χ1n) is 7.77. The van der Waals surface area contributed by atoms with Crippen LogP contribution in [0.25, 0.3) is 10.6 Å². The second-order valence-electron chi connectivity index (χ2n) is 5.57. The van der Waals surface area contributed by atoms with E-state index in [-0.39, 0.29) is 6.54 Å². The van der Waals surface area contributed by atoms with E-state index in [2.05, 4.69) is 15.5 Å². The molecule has 128 valence electrons. The fourth-order valence-electron chi connectivity index (χ4n) is 2.66. The average Bonchev–Trinajstić information content (AvgIpc) is 3.22. The molecule has 3 aromatic rings. The topological polar surface area (TPSA) is 92.3 Å². The first-order chi connectivity index (χ1) is 12.6. The number of hydrogen-bond donors (Lipinski definition) is 1. The molecule has 26 heavy (non-hydrogen) atoms. The zero-order chi connectivity index (χ0) is 18.1. The van der Waals surface area contributed by atoms with Crippen LogP contribution in [0.3, 0.4) is 0 Å². The van der Waals surface area contributed by atoms with Crippen LogP contribution in [-0.2, 0) is 4.79 Å². The van der Waals surface area contributed by atoms with Crippen LogP contribution in [0.15, 0.2) is 54.6 Å². The van der Waals surface area contributed by atoms with Gasteiger partial charge in [-0.15, -0.1) is 10.2 Å². The Bertz CT molecular complexity index is 981. The molecule has 0 saturated heterocycles. The molecule has 0 radical (unpaired) electrons. The number of anilines is 1. The summed E-state index contributed by atoms with van der Waals surface area (Å²) in [5, 5.41) is 11.5. The highest BCUT2D eigenvalue weighted by atomic mass is 32.1. The number of amides is 3. The Labute approximate surface area is 152 Å². The minimum atomic E-state index is -0.504. The number of benzene rings is 2. The number of imide groups is 1. The molecular formula is C18H12N4O3S. The zero-order valence-electron chi connectivity index (χ0n) is 13.4. The number of nitrogens with zero attached hydrogens (tertiary/aromatic N) is 3. The lowest BCUT2D eigenvalue weighted by Gasteiger charge is -2.12. The summed E-state index contributed by atoms with van der Waals surface area (Å²) in [5.74, 6) is -1.44. The molecule has 2 aromatic carbocycles. The van der Waals surface area contributed by atoms with Gasteiger partial charge in [0, 0.05) is 5.56 Å². The van der Waals surface area contributed by atoms with Crippen molar-refractivity contribution in [3.63, 3.8) is 0 Å². The Morgan fingerprint density at radius 3 is 2.19 bits per heavy atom. The molecule has 3 amide bonds. The largest absolute Gasteiger partial charge is 0.299 e. The number of hydrogen-bond acceptors (Lipinski definition) is 6. The van der Waals surface area contributed by atoms with Gasteiger partial charge in [0.15, 0.2) is 0 Å². The van der Waals surface area contributed by atoms with E-state index in [4.69, 9.17) is 0 Å². The van der Waals surface area contributed by atoms with Crippen LogP contribution in [0, 0.1) is 0 Å². The van der Waals surface area contributed by atoms with Crippen LogP contribution in [0.5, 0.6) is 0 Å². The number of fused-ring (bicyclic) bond motifs is 1. The van der Waals surface area contributed by atoms with Gasteiger partial charge < -0.3 is 0 Å². The first-order valence-corrected chi connectivity index (χ1v) is 8.59. The molecule has 1 aromatic heterocycles. The van der Waals surface area contributed by atoms with Gasteiger partial charge in [0.1, 0.15) is 11.6 Å². The molecule has 4 rings (SSSR count). The summed E-state index contributed by atoms with van der Waals surface area (Å²) in [5.41, 5.74) is 1.52. The minimum Gasteiger partial charge on any atom is -0.299 e. The van der Waals surface area contributed by atoms with E-state index in [1.165, 1.54) is 11.3 Å². The van der Waals surface area contributed by atoms with Gasteiger partial charge in [-0.05, 0) is 12.1 Å². The summed E-state index contributed by atoms with van der Waals surface area (Å²) in [6.07, 6.45) is 0. The van der Waals surface area contributed by atoms with Crippen LogP contribution in [0.1, 0.15) is 20.7 Å². The van der Waals surface area contributed by atoms with E-state index in [0.717, 1.165) is 10.5 Å². The highest BCUT2D eigenvalue weighted by Gasteiger charge is 2.36. The fraction of sp³-hybridized carbons (Fsp3) is 0.0556. The third-order valence-electron chi connectivity index (χ3n) is 3.87. The number of rotatable bonds is 4. The lowest BCUT2D eigenvalue weighted by Crippen LogP contribution is -2.37. The second kappa shape index (κ2) is 6.49. The third kappa shape index (κ3) is 2.86. The number of carbonyl (C=O) groups is 3. The lowest BCUT2D eigenvalue weighted by atomic mass is 10.1. The molecule has 0 aliphatic carbocycles. The molecule has 8 heteroatoms. The van der Waals surface area contributed by atoms with Crippen LogP contribution in [0.2, 0.25) is 0 Å². The van der Waals surface area contributed by atoms with E-state index in [1.54, 1.807) is 24.3 Å². The van der Waals surface area contributed by atoms with E-state index in [1.807, 2.05) is 30.3 Å². The Hall–Kier alpha value is -3.39. The van der Waals surface area contributed by atoms with Crippen molar-refractivity contribution in [2.45, 2.75) is 0 Å². The van der Waals surface area contributed by atoms with Crippen molar-refractivity contribution >= 4 is 34.2 Å². The molecule has 0 bridgehead atoms. The molecule has 2 heterocycles. The maximum atomic E-state index is 12.3. The second-order valence-corrected chi connectivity index (χ2v) is 6.55. The predicted octanol–water partition coefficient (Wildman–Crippen LogP) is 2.44. The molecule has 0 atom stereocenters. The van der Waals surface area contributed by atoms with Crippen molar-refractivity contribution in [3.8, 4) is 10.6 Å². The summed E-state index contributed by atoms with van der Waals surface area (Å²) < 4.78 is 0. The molecule has 0 spiro atoms. The predicted molar refractivity (Wildman–Crippen MR) is 95.8 cm³/mol. The Morgan fingerprint density at radius 1 is 0.923 bits per heavy atom. The highest BCUT2D eigenvalue weighted by molar-refractivity contribution is 7.18. The van der Waals surface area contributed by atoms with Gasteiger partial charge in [-0.1, -0.05) is 53.8 Å². The molecule has 7 nitrogen and oxygen atoms in total. The molecule has 1 N–H and O–H groups in total. The minimum absolute atomic E-state index is 0.311. The smallest absolute Gasteiger partial charge is 0.262 e. The summed E-state index contributed by atoms with van der Waals surface area (Å²) in [7, 11) is 0. The van der Waals surface area contributed by atoms with Gasteiger partial charge in [0.2, 0.25) is 11.0 Å². The van der Waals surface area contributed by atoms with Crippen molar-refractivity contribution in [3.05, 3.63) is 65.7 Å². The maximum absolute atomic E-state index is 12.3. The van der Waals surface area contributed by atoms with Crippen molar-refractivity contribution < 1.29 is 14.4 Å². The fourth-order valence-corrected chi connectivity index (χ4v) is 3.42. The molecule has 0 unspecified atom stereocenters. The van der Waals surface area contributed by atoms with Gasteiger partial charge >= 0.3 is 0 Å². The zero-order valence-corrected chi connectivity index (χ0v) is 14.2. The van der Waals surface area contributed by atoms with Crippen LogP contribution < -0.4 is 5.32 Å². The SMILES string of the molecule is O=C(CN1C(=O)c2ccccc2C1=O)Nc1nnc(-c2ccccc2)s1. The molecule has 1 aliphatic heterocycles. The van der Waals surface area contributed by atoms with Crippen molar-refractivity contribution in [1.82, 2.24) is 15.1 Å². The molecular weight excluding hydrogens is 352 g/mol. The number of aromatic nitrogens is 2. The average molecular weight is 364 g/mol. The van der Waals surface area contributed by atoms with Gasteiger partial charge in [0.25, 0.3) is 11.8 Å². The van der Waals surface area contributed by atoms with Crippen molar-refractivity contribution in [2.24, 2.45) is 0 Å². The van der Waals surface area contributed by atoms with Gasteiger partial charge in [-0.25, -0.2) is 0 Å². The van der Waals surface area contributed by atoms with Crippen LogP contribution >= 0.6 is 11.3 Å². The number of carbonyl (C=O) groups excluding carboxylic acids is 3. The summed E-state index contributed by atoms with van der Waals surface area (Å²) in [6.45, 7) is -0.368. The lowest BCUT2D eigenvalue weighted by molar-refractivity contribution is -0.116. The molecule has 0 fully saturated rings. The van der Waals surface area contributed by atoms with E-state index >= 15 is 0 Å². The summed E-state index contributed by atoms with van der Waals surface area (Å²) in [6, 6.07) is 16.0. The quantitative estimate of drug-likeness (QED) is 0.718. The monoisotopic (exact) mass is 364 g/mol. The maximum Gasteiger partial charge on any atom is 0.262 e. The third-order valence-corrected chi connectivity index (χ3v) is 4.76. The van der Waals surface area contributed by atoms with E-state index < -0.39 is 17.7 Å². The molecule has 0 saturated carbocycles. The van der Waals surface area contributed by atoms with Crippen LogP contribution in [0.4, 0.5) is 5.13 Å². The Kier molecular flexibility index (Phi) is 4.02. The standard InChI is InChI=1S/C18H12N4O3S/c23-14(10-22-16(24)12-8-4-5-9-13(12)17(22)25)19-18-21-20-15(26-18)11-6-2-1-3-7-11/h1-9H,10H2,(H,19,21,23). The van der Waals surface area contributed by atoms with Gasteiger partial charge in [-0.2, -0.15) is 0 Å². The normalized spacial score (nSPS) is 13.0. The van der Waals surface area contributed by atoms with Gasteiger partial charge in [0.05, 0.1) is 11.1 Å². The summed E-state index contributed by atoms with van der Waals surface area (Å²) >= 11 is 1.22. The van der Waals surface area contributed by atoms with Crippen molar-refractivity contribution in [2.75, 3.05) is 11.9 Å². The molecule has 1 aliphatic rings. The Morgan fingerprint density at radius 2 is 1.54 bits per heavy atom. The number of nitrogens with one attached hydrogen (secondary N) is 1. The van der Waals surface area contributed by atoms with Crippen molar-refractivity contribution in [1.29, 1.82) is 0 Å². The van der Waals surface area contributed by atoms with Gasteiger partial charge in [-0.3, -0.25) is 24.6 Å². The highest BCUT2D eigenvalue weighted by Crippen LogP contribution is 2.26. The van der Waals surface area contributed by atoms with E-state index in [9.17, 15) is 14.4 Å². The van der Waals surface area contributed by atoms with Crippen LogP contribution in [-0.4, -0.2) is 39.4 Å².